The summed E-state index contributed by atoms with van der Waals surface area (Å²) in [6.07, 6.45) is 2.83. The van der Waals surface area contributed by atoms with E-state index in [1.807, 2.05) is 29.8 Å². The molecule has 0 spiro atoms. The molecule has 1 unspecified atom stereocenters. The van der Waals surface area contributed by atoms with E-state index < -0.39 is 0 Å². The molecule has 16 heavy (non-hydrogen) atoms. The molecule has 0 amide bonds. The number of pyridine rings is 1. The van der Waals surface area contributed by atoms with Crippen molar-refractivity contribution < 1.29 is 0 Å². The lowest BCUT2D eigenvalue weighted by molar-refractivity contribution is 0.590. The Morgan fingerprint density at radius 1 is 1.62 bits per heavy atom. The SMILES string of the molecule is CNC(C)Cc1nc(Cl)c2c(Br)cccn12. The van der Waals surface area contributed by atoms with Crippen LogP contribution in [0.3, 0.4) is 0 Å². The number of rotatable bonds is 3. The van der Waals surface area contributed by atoms with Crippen LogP contribution in [0.4, 0.5) is 0 Å². The maximum absolute atomic E-state index is 6.13. The Labute approximate surface area is 108 Å². The molecule has 1 atom stereocenters. The van der Waals surface area contributed by atoms with Crippen molar-refractivity contribution in [3.8, 4) is 0 Å². The largest absolute Gasteiger partial charge is 0.317 e. The first-order chi connectivity index (χ1) is 7.63. The molecule has 86 valence electrons. The van der Waals surface area contributed by atoms with Gasteiger partial charge in [0.2, 0.25) is 0 Å². The van der Waals surface area contributed by atoms with E-state index in [0.717, 1.165) is 22.2 Å². The molecular weight excluding hydrogens is 289 g/mol. The van der Waals surface area contributed by atoms with Crippen LogP contribution in [0.25, 0.3) is 5.52 Å². The van der Waals surface area contributed by atoms with Gasteiger partial charge in [-0.25, -0.2) is 4.98 Å². The number of hydrogen-bond acceptors (Lipinski definition) is 2. The van der Waals surface area contributed by atoms with Gasteiger partial charge in [0.15, 0.2) is 5.15 Å². The van der Waals surface area contributed by atoms with Crippen LogP contribution < -0.4 is 5.32 Å². The first-order valence-electron chi connectivity index (χ1n) is 5.11. The fraction of sp³-hybridized carbons (Fsp3) is 0.364. The molecule has 2 aromatic heterocycles. The highest BCUT2D eigenvalue weighted by atomic mass is 79.9. The van der Waals surface area contributed by atoms with Crippen molar-refractivity contribution in [2.45, 2.75) is 19.4 Å². The van der Waals surface area contributed by atoms with Crippen LogP contribution in [0.5, 0.6) is 0 Å². The molecule has 0 aliphatic carbocycles. The molecule has 1 N–H and O–H groups in total. The molecule has 0 aliphatic heterocycles. The van der Waals surface area contributed by atoms with E-state index in [9.17, 15) is 0 Å². The van der Waals surface area contributed by atoms with E-state index in [0.29, 0.717) is 11.2 Å². The number of hydrogen-bond donors (Lipinski definition) is 1. The van der Waals surface area contributed by atoms with E-state index in [1.54, 1.807) is 0 Å². The van der Waals surface area contributed by atoms with Gasteiger partial charge in [0.25, 0.3) is 0 Å². The Bertz CT molecular complexity index is 509. The third-order valence-corrected chi connectivity index (χ3v) is 3.53. The maximum atomic E-state index is 6.13. The fourth-order valence-electron chi connectivity index (χ4n) is 1.64. The smallest absolute Gasteiger partial charge is 0.156 e. The highest BCUT2D eigenvalue weighted by Gasteiger charge is 2.13. The van der Waals surface area contributed by atoms with Crippen LogP contribution in [0.2, 0.25) is 5.15 Å². The minimum Gasteiger partial charge on any atom is -0.317 e. The van der Waals surface area contributed by atoms with Crippen LogP contribution in [-0.4, -0.2) is 22.5 Å². The van der Waals surface area contributed by atoms with Crippen LogP contribution in [0, 0.1) is 0 Å². The Morgan fingerprint density at radius 2 is 2.38 bits per heavy atom. The number of nitrogens with one attached hydrogen (secondary N) is 1. The van der Waals surface area contributed by atoms with Gasteiger partial charge >= 0.3 is 0 Å². The number of likely N-dealkylation sites (N-methyl/N-ethyl adjacent to an activating group) is 1. The summed E-state index contributed by atoms with van der Waals surface area (Å²) in [6, 6.07) is 4.32. The zero-order valence-electron chi connectivity index (χ0n) is 9.17. The molecule has 5 heteroatoms. The van der Waals surface area contributed by atoms with E-state index >= 15 is 0 Å². The molecule has 0 bridgehead atoms. The number of aromatic nitrogens is 2. The summed E-state index contributed by atoms with van der Waals surface area (Å²) in [6.45, 7) is 2.12. The zero-order valence-corrected chi connectivity index (χ0v) is 11.5. The van der Waals surface area contributed by atoms with Crippen molar-refractivity contribution in [1.82, 2.24) is 14.7 Å². The van der Waals surface area contributed by atoms with Crippen LogP contribution in [-0.2, 0) is 6.42 Å². The van der Waals surface area contributed by atoms with E-state index in [4.69, 9.17) is 11.6 Å². The van der Waals surface area contributed by atoms with Gasteiger partial charge < -0.3 is 9.72 Å². The predicted molar refractivity (Wildman–Crippen MR) is 70.1 cm³/mol. The Hall–Kier alpha value is -0.580. The van der Waals surface area contributed by atoms with Crippen LogP contribution >= 0.6 is 27.5 Å². The first-order valence-corrected chi connectivity index (χ1v) is 6.28. The van der Waals surface area contributed by atoms with Crippen molar-refractivity contribution >= 4 is 33.0 Å². The summed E-state index contributed by atoms with van der Waals surface area (Å²) in [5.41, 5.74) is 0.933. The number of fused-ring (bicyclic) bond motifs is 1. The van der Waals surface area contributed by atoms with Crippen molar-refractivity contribution in [2.24, 2.45) is 0 Å². The highest BCUT2D eigenvalue weighted by molar-refractivity contribution is 9.10. The Balaban J connectivity index is 2.51. The standard InChI is InChI=1S/C11H13BrClN3/c1-7(14-2)6-9-15-11(13)10-8(12)4-3-5-16(9)10/h3-5,7,14H,6H2,1-2H3. The van der Waals surface area contributed by atoms with Gasteiger partial charge in [-0.3, -0.25) is 0 Å². The lowest BCUT2D eigenvalue weighted by atomic mass is 10.2. The van der Waals surface area contributed by atoms with Crippen molar-refractivity contribution in [3.05, 3.63) is 33.8 Å². The predicted octanol–water partition coefficient (Wildman–Crippen LogP) is 2.90. The van der Waals surface area contributed by atoms with Gasteiger partial charge in [0.05, 0.1) is 5.52 Å². The molecule has 0 saturated carbocycles. The quantitative estimate of drug-likeness (QED) is 0.944. The van der Waals surface area contributed by atoms with Crippen molar-refractivity contribution in [3.63, 3.8) is 0 Å². The highest BCUT2D eigenvalue weighted by Crippen LogP contribution is 2.26. The average Bonchev–Trinajstić information content (AvgIpc) is 2.57. The minimum atomic E-state index is 0.376. The van der Waals surface area contributed by atoms with Gasteiger partial charge in [0, 0.05) is 23.1 Å². The molecule has 0 aromatic carbocycles. The summed E-state index contributed by atoms with van der Waals surface area (Å²) in [5.74, 6) is 0.975. The summed E-state index contributed by atoms with van der Waals surface area (Å²) in [7, 11) is 1.94. The lowest BCUT2D eigenvalue weighted by Crippen LogP contribution is -2.24. The van der Waals surface area contributed by atoms with E-state index in [2.05, 4.69) is 33.2 Å². The molecule has 2 heterocycles. The van der Waals surface area contributed by atoms with Gasteiger partial charge in [-0.1, -0.05) is 11.6 Å². The summed E-state index contributed by atoms with van der Waals surface area (Å²) < 4.78 is 3.00. The second kappa shape index (κ2) is 4.73. The molecule has 0 radical (unpaired) electrons. The number of halogens is 2. The molecule has 2 aromatic rings. The second-order valence-electron chi connectivity index (χ2n) is 3.79. The van der Waals surface area contributed by atoms with E-state index in [1.165, 1.54) is 0 Å². The molecular formula is C11H13BrClN3. The number of nitrogens with zero attached hydrogens (tertiary/aromatic N) is 2. The third kappa shape index (κ3) is 2.10. The first kappa shape index (κ1) is 11.9. The van der Waals surface area contributed by atoms with Crippen LogP contribution in [0.1, 0.15) is 12.7 Å². The molecule has 0 fully saturated rings. The van der Waals surface area contributed by atoms with Crippen molar-refractivity contribution in [1.29, 1.82) is 0 Å². The topological polar surface area (TPSA) is 29.3 Å². The lowest BCUT2D eigenvalue weighted by Gasteiger charge is -2.08. The number of imidazole rings is 1. The van der Waals surface area contributed by atoms with Gasteiger partial charge in [-0.2, -0.15) is 0 Å². The fourth-order valence-corrected chi connectivity index (χ4v) is 2.57. The monoisotopic (exact) mass is 301 g/mol. The summed E-state index contributed by atoms with van der Waals surface area (Å²) in [4.78, 5) is 4.40. The van der Waals surface area contributed by atoms with Gasteiger partial charge in [0.1, 0.15) is 5.82 Å². The van der Waals surface area contributed by atoms with Crippen LogP contribution in [0.15, 0.2) is 22.8 Å². The Kier molecular flexibility index (Phi) is 3.52. The molecule has 0 saturated heterocycles. The normalized spacial score (nSPS) is 13.2. The minimum absolute atomic E-state index is 0.376. The summed E-state index contributed by atoms with van der Waals surface area (Å²) >= 11 is 9.61. The zero-order chi connectivity index (χ0) is 11.7. The van der Waals surface area contributed by atoms with E-state index in [-0.39, 0.29) is 0 Å². The van der Waals surface area contributed by atoms with Crippen molar-refractivity contribution in [2.75, 3.05) is 7.05 Å². The average molecular weight is 303 g/mol. The third-order valence-electron chi connectivity index (χ3n) is 2.63. The second-order valence-corrected chi connectivity index (χ2v) is 5.00. The Morgan fingerprint density at radius 3 is 3.06 bits per heavy atom. The molecule has 2 rings (SSSR count). The van der Waals surface area contributed by atoms with Gasteiger partial charge in [-0.15, -0.1) is 0 Å². The van der Waals surface area contributed by atoms with Gasteiger partial charge in [-0.05, 0) is 42.0 Å². The molecule has 0 aliphatic rings. The maximum Gasteiger partial charge on any atom is 0.156 e. The summed E-state index contributed by atoms with van der Waals surface area (Å²) in [5, 5.41) is 3.74. The molecule has 3 nitrogen and oxygen atoms in total.